The van der Waals surface area contributed by atoms with Gasteiger partial charge in [0.15, 0.2) is 0 Å². The lowest BCUT2D eigenvalue weighted by Gasteiger charge is -2.75. The average molecular weight is 288 g/mol. The van der Waals surface area contributed by atoms with Crippen LogP contribution in [0.2, 0.25) is 0 Å². The first-order valence-corrected chi connectivity index (χ1v) is 9.18. The zero-order valence-electron chi connectivity index (χ0n) is 12.2. The summed E-state index contributed by atoms with van der Waals surface area (Å²) in [7, 11) is 0. The molecule has 22 heavy (non-hydrogen) atoms. The Morgan fingerprint density at radius 3 is 1.14 bits per heavy atom. The molecule has 0 heterocycles. The molecule has 9 aliphatic rings. The largest absolute Gasteiger partial charge is 0.298 e. The Labute approximate surface area is 128 Å². The van der Waals surface area contributed by atoms with Gasteiger partial charge in [0.2, 0.25) is 0 Å². The van der Waals surface area contributed by atoms with Crippen molar-refractivity contribution >= 4 is 11.6 Å². The fourth-order valence-corrected chi connectivity index (χ4v) is 11.6. The minimum atomic E-state index is -0.201. The van der Waals surface area contributed by atoms with Gasteiger partial charge in [0, 0.05) is 0 Å². The van der Waals surface area contributed by atoms with Crippen LogP contribution in [0.4, 0.5) is 0 Å². The van der Waals surface area contributed by atoms with Crippen LogP contribution < -0.4 is 0 Å². The number of carbonyl (C=O) groups is 2. The SMILES string of the molecule is O=C1[C@@]23C4C5C6C4[C@]2(C(=O)[C@@]62[C@H]4C=C[C@H](C4)[C@@]152)[C@H]1C=C[C@@H]3C1. The highest BCUT2D eigenvalue weighted by Crippen LogP contribution is 3.09. The summed E-state index contributed by atoms with van der Waals surface area (Å²) in [6.45, 7) is 0. The number of carbonyl (C=O) groups excluding carboxylic acids is 2. The van der Waals surface area contributed by atoms with Crippen molar-refractivity contribution in [2.75, 3.05) is 0 Å². The summed E-state index contributed by atoms with van der Waals surface area (Å²) in [5, 5.41) is 0. The Morgan fingerprint density at radius 2 is 0.864 bits per heavy atom. The molecule has 0 aromatic rings. The molecule has 0 radical (unpaired) electrons. The first-order chi connectivity index (χ1) is 10.7. The van der Waals surface area contributed by atoms with E-state index in [9.17, 15) is 9.59 Å². The van der Waals surface area contributed by atoms with Gasteiger partial charge in [0.1, 0.15) is 11.6 Å². The second kappa shape index (κ2) is 2.03. The van der Waals surface area contributed by atoms with Gasteiger partial charge in [-0.25, -0.2) is 0 Å². The van der Waals surface area contributed by atoms with Crippen LogP contribution in [0, 0.1) is 69.0 Å². The van der Waals surface area contributed by atoms with E-state index in [2.05, 4.69) is 24.3 Å². The minimum absolute atomic E-state index is 0.201. The number of hydrogen-bond donors (Lipinski definition) is 0. The molecule has 0 aliphatic heterocycles. The number of hydrogen-bond acceptors (Lipinski definition) is 2. The average Bonchev–Trinajstić information content (AvgIpc) is 3.21. The minimum Gasteiger partial charge on any atom is -0.298 e. The van der Waals surface area contributed by atoms with Gasteiger partial charge in [-0.05, 0) is 60.2 Å². The van der Waals surface area contributed by atoms with Gasteiger partial charge in [0.25, 0.3) is 0 Å². The molecule has 9 aliphatic carbocycles. The Morgan fingerprint density at radius 1 is 0.591 bits per heavy atom. The summed E-state index contributed by atoms with van der Waals surface area (Å²) in [4.78, 5) is 28.0. The summed E-state index contributed by atoms with van der Waals surface area (Å²) in [6.07, 6.45) is 11.5. The molecule has 0 aromatic carbocycles. The van der Waals surface area contributed by atoms with Crippen LogP contribution in [0.15, 0.2) is 24.3 Å². The predicted octanol–water partition coefficient (Wildman–Crippen LogP) is 2.01. The summed E-state index contributed by atoms with van der Waals surface area (Å²) in [6, 6.07) is 0. The molecule has 7 saturated carbocycles. The van der Waals surface area contributed by atoms with Gasteiger partial charge in [-0.2, -0.15) is 0 Å². The van der Waals surface area contributed by atoms with Gasteiger partial charge >= 0.3 is 0 Å². The van der Waals surface area contributed by atoms with E-state index < -0.39 is 0 Å². The highest BCUT2D eigenvalue weighted by Gasteiger charge is 3.13. The first kappa shape index (κ1) is 9.85. The lowest BCUT2D eigenvalue weighted by atomic mass is 9.25. The van der Waals surface area contributed by atoms with E-state index in [1.165, 1.54) is 0 Å². The van der Waals surface area contributed by atoms with E-state index in [0.717, 1.165) is 12.8 Å². The van der Waals surface area contributed by atoms with Gasteiger partial charge in [-0.1, -0.05) is 24.3 Å². The van der Waals surface area contributed by atoms with Crippen LogP contribution in [-0.4, -0.2) is 11.6 Å². The zero-order chi connectivity index (χ0) is 14.0. The molecule has 4 unspecified atom stereocenters. The molecule has 0 aromatic heterocycles. The van der Waals surface area contributed by atoms with Crippen molar-refractivity contribution in [3.8, 4) is 0 Å². The molecule has 12 atom stereocenters. The van der Waals surface area contributed by atoms with Crippen LogP contribution in [0.25, 0.3) is 0 Å². The van der Waals surface area contributed by atoms with E-state index in [1.54, 1.807) is 0 Å². The van der Waals surface area contributed by atoms with Crippen molar-refractivity contribution in [3.63, 3.8) is 0 Å². The molecule has 0 saturated heterocycles. The van der Waals surface area contributed by atoms with Crippen molar-refractivity contribution < 1.29 is 9.59 Å². The molecule has 2 heteroatoms. The molecular formula is C20H16O2. The molecule has 0 N–H and O–H groups in total. The molecule has 0 amide bonds. The van der Waals surface area contributed by atoms with Crippen LogP contribution in [0.3, 0.4) is 0 Å². The van der Waals surface area contributed by atoms with E-state index in [-0.39, 0.29) is 21.7 Å². The molecule has 9 rings (SSSR count). The zero-order valence-corrected chi connectivity index (χ0v) is 12.2. The summed E-state index contributed by atoms with van der Waals surface area (Å²) in [5.41, 5.74) is -0.803. The second-order valence-corrected chi connectivity index (χ2v) is 9.90. The lowest BCUT2D eigenvalue weighted by Crippen LogP contribution is -2.75. The van der Waals surface area contributed by atoms with Gasteiger partial charge in [-0.15, -0.1) is 0 Å². The van der Waals surface area contributed by atoms with Crippen molar-refractivity contribution in [1.29, 1.82) is 0 Å². The van der Waals surface area contributed by atoms with Crippen molar-refractivity contribution in [1.82, 2.24) is 0 Å². The smallest absolute Gasteiger partial charge is 0.149 e. The predicted molar refractivity (Wildman–Crippen MR) is 75.2 cm³/mol. The number of allylic oxidation sites excluding steroid dienone is 4. The van der Waals surface area contributed by atoms with Gasteiger partial charge in [0.05, 0.1) is 21.7 Å². The molecular weight excluding hydrogens is 272 g/mol. The fourth-order valence-electron chi connectivity index (χ4n) is 11.6. The van der Waals surface area contributed by atoms with Crippen molar-refractivity contribution in [2.45, 2.75) is 12.8 Å². The van der Waals surface area contributed by atoms with Crippen LogP contribution in [0.1, 0.15) is 12.8 Å². The standard InChI is InChI=1S/C20H16O2/c21-15-17-7-1-2-8(5-7)18(17)12-11(17)13-14(12)20(16(18)22)10-4-3-9(6-10)19(13,15)20/h1-4,7-14H,5-6H2/t7-,8+,9-,10+,11?,12?,13?,14?,17-,18+,19+,20-. The first-order valence-electron chi connectivity index (χ1n) is 9.18. The van der Waals surface area contributed by atoms with Gasteiger partial charge < -0.3 is 0 Å². The van der Waals surface area contributed by atoms with Crippen LogP contribution in [0.5, 0.6) is 0 Å². The Kier molecular flexibility index (Phi) is 0.908. The molecule has 108 valence electrons. The highest BCUT2D eigenvalue weighted by atomic mass is 16.2. The normalized spacial score (nSPS) is 82.7. The highest BCUT2D eigenvalue weighted by molar-refractivity contribution is 6.20. The summed E-state index contributed by atoms with van der Waals surface area (Å²) in [5.74, 6) is 5.30. The third kappa shape index (κ3) is 0.396. The van der Waals surface area contributed by atoms with Crippen molar-refractivity contribution in [3.05, 3.63) is 24.3 Å². The third-order valence-corrected chi connectivity index (χ3v) is 11.0. The number of ketones is 2. The molecule has 2 nitrogen and oxygen atoms in total. The maximum absolute atomic E-state index is 14.0. The maximum Gasteiger partial charge on any atom is 0.149 e. The number of Topliss-reactive ketones (excluding diaryl/α,β-unsaturated/α-hetero) is 2. The quantitative estimate of drug-likeness (QED) is 0.639. The fraction of sp³-hybridized carbons (Fsp3) is 0.700. The molecule has 7 fully saturated rings. The molecule has 4 spiro atoms. The van der Waals surface area contributed by atoms with Crippen LogP contribution >= 0.6 is 0 Å². The van der Waals surface area contributed by atoms with Gasteiger partial charge in [-0.3, -0.25) is 9.59 Å². The van der Waals surface area contributed by atoms with E-state index >= 15 is 0 Å². The maximum atomic E-state index is 14.0. The van der Waals surface area contributed by atoms with Crippen LogP contribution in [-0.2, 0) is 9.59 Å². The monoisotopic (exact) mass is 288 g/mol. The third-order valence-electron chi connectivity index (χ3n) is 11.0. The Hall–Kier alpha value is -1.18. The molecule has 4 bridgehead atoms. The number of fused-ring (bicyclic) bond motifs is 4. The second-order valence-electron chi connectivity index (χ2n) is 9.90. The van der Waals surface area contributed by atoms with E-state index in [4.69, 9.17) is 0 Å². The number of rotatable bonds is 0. The van der Waals surface area contributed by atoms with Crippen molar-refractivity contribution in [2.24, 2.45) is 69.0 Å². The summed E-state index contributed by atoms with van der Waals surface area (Å²) >= 11 is 0. The topological polar surface area (TPSA) is 34.1 Å². The Balaban J connectivity index is 1.54. The van der Waals surface area contributed by atoms with E-state index in [1.807, 2.05) is 0 Å². The van der Waals surface area contributed by atoms with E-state index in [0.29, 0.717) is 58.9 Å². The lowest BCUT2D eigenvalue weighted by molar-refractivity contribution is -0.314. The Bertz CT molecular complexity index is 738. The summed E-state index contributed by atoms with van der Waals surface area (Å²) < 4.78 is 0.